The first kappa shape index (κ1) is 32.7. The lowest BCUT2D eigenvalue weighted by atomic mass is 9.96. The van der Waals surface area contributed by atoms with Crippen LogP contribution in [0.4, 0.5) is 0 Å². The molecule has 0 atom stereocenters. The SMILES string of the molecule is CC(C)(O)C(=O)c1ccc(COCCOCCOCCOCCOCc2ccc(C(=O)C(C)(C)O)cc2)cc1. The first-order valence-corrected chi connectivity index (χ1v) is 13.1. The first-order chi connectivity index (χ1) is 18.5. The fourth-order valence-electron chi connectivity index (χ4n) is 3.37. The summed E-state index contributed by atoms with van der Waals surface area (Å²) in [6.45, 7) is 10.3. The van der Waals surface area contributed by atoms with E-state index in [1.54, 1.807) is 24.3 Å². The van der Waals surface area contributed by atoms with Crippen molar-refractivity contribution in [3.05, 3.63) is 70.8 Å². The molecule has 0 heterocycles. The summed E-state index contributed by atoms with van der Waals surface area (Å²) in [6, 6.07) is 14.0. The van der Waals surface area contributed by atoms with Crippen molar-refractivity contribution in [2.75, 3.05) is 52.9 Å². The Labute approximate surface area is 231 Å². The summed E-state index contributed by atoms with van der Waals surface area (Å²) in [5, 5.41) is 19.6. The van der Waals surface area contributed by atoms with Crippen molar-refractivity contribution in [3.8, 4) is 0 Å². The lowest BCUT2D eigenvalue weighted by molar-refractivity contribution is -0.0138. The molecule has 2 aromatic rings. The van der Waals surface area contributed by atoms with Gasteiger partial charge in [0.25, 0.3) is 0 Å². The van der Waals surface area contributed by atoms with Crippen LogP contribution in [-0.4, -0.2) is 85.8 Å². The maximum absolute atomic E-state index is 12.0. The topological polar surface area (TPSA) is 121 Å². The highest BCUT2D eigenvalue weighted by Gasteiger charge is 2.25. The lowest BCUT2D eigenvalue weighted by Crippen LogP contribution is -2.31. The molecule has 0 saturated carbocycles. The molecule has 0 unspecified atom stereocenters. The molecule has 0 bridgehead atoms. The molecule has 0 saturated heterocycles. The van der Waals surface area contributed by atoms with Gasteiger partial charge in [0.2, 0.25) is 0 Å². The third-order valence-corrected chi connectivity index (χ3v) is 5.57. The molecule has 0 aliphatic rings. The lowest BCUT2D eigenvalue weighted by Gasteiger charge is -2.15. The molecule has 9 nitrogen and oxygen atoms in total. The Balaban J connectivity index is 1.39. The van der Waals surface area contributed by atoms with Crippen LogP contribution < -0.4 is 0 Å². The molecule has 0 aromatic heterocycles. The number of carbonyl (C=O) groups excluding carboxylic acids is 2. The van der Waals surface area contributed by atoms with Crippen LogP contribution in [0.1, 0.15) is 59.5 Å². The summed E-state index contributed by atoms with van der Waals surface area (Å²) in [4.78, 5) is 24.1. The highest BCUT2D eigenvalue weighted by Crippen LogP contribution is 2.15. The van der Waals surface area contributed by atoms with E-state index in [1.165, 1.54) is 27.7 Å². The Morgan fingerprint density at radius 2 is 0.769 bits per heavy atom. The third kappa shape index (κ3) is 12.9. The van der Waals surface area contributed by atoms with Crippen LogP contribution >= 0.6 is 0 Å². The van der Waals surface area contributed by atoms with Crippen molar-refractivity contribution in [1.82, 2.24) is 0 Å². The van der Waals surface area contributed by atoms with Gasteiger partial charge in [-0.15, -0.1) is 0 Å². The fraction of sp³-hybridized carbons (Fsp3) is 0.533. The van der Waals surface area contributed by atoms with Gasteiger partial charge in [0.15, 0.2) is 11.6 Å². The van der Waals surface area contributed by atoms with E-state index >= 15 is 0 Å². The number of ketones is 2. The van der Waals surface area contributed by atoms with Crippen molar-refractivity contribution in [3.63, 3.8) is 0 Å². The number of ether oxygens (including phenoxy) is 5. The van der Waals surface area contributed by atoms with E-state index in [4.69, 9.17) is 23.7 Å². The van der Waals surface area contributed by atoms with Crippen molar-refractivity contribution < 1.29 is 43.5 Å². The average Bonchev–Trinajstić information content (AvgIpc) is 2.89. The van der Waals surface area contributed by atoms with E-state index in [2.05, 4.69) is 0 Å². The summed E-state index contributed by atoms with van der Waals surface area (Å²) < 4.78 is 27.6. The van der Waals surface area contributed by atoms with Gasteiger partial charge < -0.3 is 33.9 Å². The van der Waals surface area contributed by atoms with Gasteiger partial charge in [-0.05, 0) is 38.8 Å². The van der Waals surface area contributed by atoms with Crippen LogP contribution in [0.2, 0.25) is 0 Å². The summed E-state index contributed by atoms with van der Waals surface area (Å²) >= 11 is 0. The standard InChI is InChI=1S/C30H42O9/c1-29(2,33)27(31)25-9-5-23(6-10-25)21-38-19-17-36-15-13-35-14-16-37-18-20-39-22-24-7-11-26(12-8-24)28(32)30(3,4)34/h5-12,33-34H,13-22H2,1-4H3. The Morgan fingerprint density at radius 1 is 0.513 bits per heavy atom. The Morgan fingerprint density at radius 3 is 1.03 bits per heavy atom. The van der Waals surface area contributed by atoms with Crippen LogP contribution in [0.15, 0.2) is 48.5 Å². The Kier molecular flexibility index (Phi) is 13.9. The molecular weight excluding hydrogens is 504 g/mol. The Bertz CT molecular complexity index is 906. The van der Waals surface area contributed by atoms with Crippen LogP contribution in [-0.2, 0) is 36.9 Å². The first-order valence-electron chi connectivity index (χ1n) is 13.1. The minimum absolute atomic E-state index is 0.314. The maximum atomic E-state index is 12.0. The highest BCUT2D eigenvalue weighted by molar-refractivity contribution is 6.02. The predicted octanol–water partition coefficient (Wildman–Crippen LogP) is 3.38. The minimum Gasteiger partial charge on any atom is -0.382 e. The average molecular weight is 547 g/mol. The highest BCUT2D eigenvalue weighted by atomic mass is 16.6. The second-order valence-corrected chi connectivity index (χ2v) is 10.1. The van der Waals surface area contributed by atoms with Gasteiger partial charge in [0, 0.05) is 11.1 Å². The van der Waals surface area contributed by atoms with Gasteiger partial charge in [-0.25, -0.2) is 0 Å². The van der Waals surface area contributed by atoms with E-state index < -0.39 is 11.2 Å². The van der Waals surface area contributed by atoms with Crippen LogP contribution in [0.5, 0.6) is 0 Å². The molecule has 216 valence electrons. The van der Waals surface area contributed by atoms with E-state index in [9.17, 15) is 19.8 Å². The minimum atomic E-state index is -1.39. The molecule has 9 heteroatoms. The van der Waals surface area contributed by atoms with Gasteiger partial charge in [0.05, 0.1) is 66.1 Å². The molecule has 0 radical (unpaired) electrons. The van der Waals surface area contributed by atoms with Gasteiger partial charge in [0.1, 0.15) is 11.2 Å². The predicted molar refractivity (Wildman–Crippen MR) is 146 cm³/mol. The van der Waals surface area contributed by atoms with Crippen molar-refractivity contribution in [2.45, 2.75) is 52.1 Å². The zero-order valence-electron chi connectivity index (χ0n) is 23.4. The van der Waals surface area contributed by atoms with E-state index in [0.717, 1.165) is 11.1 Å². The molecule has 0 spiro atoms. The number of aliphatic hydroxyl groups is 2. The van der Waals surface area contributed by atoms with Gasteiger partial charge in [-0.3, -0.25) is 9.59 Å². The summed E-state index contributed by atoms with van der Waals surface area (Å²) in [5.41, 5.74) is 0.0336. The van der Waals surface area contributed by atoms with Crippen LogP contribution in [0, 0.1) is 0 Å². The van der Waals surface area contributed by atoms with Crippen LogP contribution in [0.25, 0.3) is 0 Å². The monoisotopic (exact) mass is 546 g/mol. The molecular formula is C30H42O9. The summed E-state index contributed by atoms with van der Waals surface area (Å²) in [6.07, 6.45) is 0. The van der Waals surface area contributed by atoms with Crippen molar-refractivity contribution in [2.24, 2.45) is 0 Å². The second-order valence-electron chi connectivity index (χ2n) is 10.1. The van der Waals surface area contributed by atoms with Crippen molar-refractivity contribution in [1.29, 1.82) is 0 Å². The molecule has 0 aliphatic heterocycles. The largest absolute Gasteiger partial charge is 0.382 e. The molecule has 2 N–H and O–H groups in total. The van der Waals surface area contributed by atoms with Gasteiger partial charge in [-0.2, -0.15) is 0 Å². The van der Waals surface area contributed by atoms with Crippen molar-refractivity contribution >= 4 is 11.6 Å². The molecule has 2 rings (SSSR count). The number of hydrogen-bond acceptors (Lipinski definition) is 9. The quantitative estimate of drug-likeness (QED) is 0.190. The third-order valence-electron chi connectivity index (χ3n) is 5.57. The number of Topliss-reactive ketones (excluding diaryl/α,β-unsaturated/α-hetero) is 2. The zero-order valence-corrected chi connectivity index (χ0v) is 23.4. The molecule has 39 heavy (non-hydrogen) atoms. The zero-order chi connectivity index (χ0) is 28.7. The number of rotatable bonds is 20. The van der Waals surface area contributed by atoms with Crippen LogP contribution in [0.3, 0.4) is 0 Å². The number of carbonyl (C=O) groups is 2. The summed E-state index contributed by atoms with van der Waals surface area (Å²) in [7, 11) is 0. The maximum Gasteiger partial charge on any atom is 0.193 e. The molecule has 0 amide bonds. The smallest absolute Gasteiger partial charge is 0.193 e. The number of benzene rings is 2. The Hall–Kier alpha value is -2.50. The number of hydrogen-bond donors (Lipinski definition) is 2. The molecule has 0 aliphatic carbocycles. The van der Waals surface area contributed by atoms with Gasteiger partial charge in [-0.1, -0.05) is 48.5 Å². The molecule has 0 fully saturated rings. The fourth-order valence-corrected chi connectivity index (χ4v) is 3.37. The van der Waals surface area contributed by atoms with E-state index in [-0.39, 0.29) is 11.6 Å². The van der Waals surface area contributed by atoms with E-state index in [0.29, 0.717) is 77.2 Å². The molecule has 2 aromatic carbocycles. The normalized spacial score (nSPS) is 12.1. The second kappa shape index (κ2) is 16.6. The van der Waals surface area contributed by atoms with Gasteiger partial charge >= 0.3 is 0 Å². The summed E-state index contributed by atoms with van der Waals surface area (Å²) in [5.74, 6) is -0.629. The van der Waals surface area contributed by atoms with E-state index in [1.807, 2.05) is 24.3 Å².